The van der Waals surface area contributed by atoms with Gasteiger partial charge in [0.05, 0.1) is 7.11 Å². The summed E-state index contributed by atoms with van der Waals surface area (Å²) in [6.07, 6.45) is 3.26. The highest BCUT2D eigenvalue weighted by molar-refractivity contribution is 5.76. The van der Waals surface area contributed by atoms with E-state index in [-0.39, 0.29) is 0 Å². The number of piperazine rings is 1. The van der Waals surface area contributed by atoms with E-state index < -0.39 is 0 Å². The predicted molar refractivity (Wildman–Crippen MR) is 101 cm³/mol. The Morgan fingerprint density at radius 2 is 2.00 bits per heavy atom. The zero-order valence-electron chi connectivity index (χ0n) is 15.6. The second kappa shape index (κ2) is 8.56. The second-order valence-corrected chi connectivity index (χ2v) is 7.37. The summed E-state index contributed by atoms with van der Waals surface area (Å²) in [5.41, 5.74) is 1.17. The summed E-state index contributed by atoms with van der Waals surface area (Å²) < 4.78 is 5.31. The molecule has 0 radical (unpaired) electrons. The lowest BCUT2D eigenvalue weighted by molar-refractivity contribution is -0.131. The number of amides is 1. The highest BCUT2D eigenvalue weighted by Gasteiger charge is 2.23. The number of likely N-dealkylation sites (tertiary alicyclic amines) is 1. The van der Waals surface area contributed by atoms with Gasteiger partial charge in [-0.3, -0.25) is 4.79 Å². The number of methoxy groups -OCH3 is 1. The number of hydrogen-bond acceptors (Lipinski definition) is 4. The summed E-state index contributed by atoms with van der Waals surface area (Å²) in [6, 6.07) is 8.16. The van der Waals surface area contributed by atoms with Gasteiger partial charge in [0.2, 0.25) is 5.91 Å². The zero-order valence-corrected chi connectivity index (χ0v) is 15.6. The molecule has 1 amide bonds. The molecule has 25 heavy (non-hydrogen) atoms. The number of carbonyl (C=O) groups is 1. The summed E-state index contributed by atoms with van der Waals surface area (Å²) in [4.78, 5) is 19.3. The first-order valence-corrected chi connectivity index (χ1v) is 9.55. The van der Waals surface area contributed by atoms with Crippen LogP contribution in [0.4, 0.5) is 5.69 Å². The minimum atomic E-state index is 0.309. The normalized spacial score (nSPS) is 22.1. The Morgan fingerprint density at radius 1 is 1.20 bits per heavy atom. The molecule has 1 aromatic rings. The smallest absolute Gasteiger partial charge is 0.223 e. The summed E-state index contributed by atoms with van der Waals surface area (Å²) in [5, 5.41) is 0. The second-order valence-electron chi connectivity index (χ2n) is 7.37. The van der Waals surface area contributed by atoms with Crippen molar-refractivity contribution in [1.29, 1.82) is 0 Å². The molecule has 0 N–H and O–H groups in total. The number of benzene rings is 1. The maximum atomic E-state index is 12.5. The average Bonchev–Trinajstić information content (AvgIpc) is 2.66. The van der Waals surface area contributed by atoms with E-state index in [0.717, 1.165) is 57.5 Å². The monoisotopic (exact) mass is 345 g/mol. The van der Waals surface area contributed by atoms with Crippen LogP contribution in [-0.2, 0) is 4.79 Å². The van der Waals surface area contributed by atoms with Crippen LogP contribution in [0.3, 0.4) is 0 Å². The number of ether oxygens (including phenoxy) is 1. The van der Waals surface area contributed by atoms with Gasteiger partial charge >= 0.3 is 0 Å². The molecule has 0 bridgehead atoms. The van der Waals surface area contributed by atoms with Crippen molar-refractivity contribution in [1.82, 2.24) is 9.80 Å². The number of anilines is 1. The molecule has 1 atom stereocenters. The maximum absolute atomic E-state index is 12.5. The molecule has 2 fully saturated rings. The van der Waals surface area contributed by atoms with Crippen LogP contribution in [-0.4, -0.2) is 68.6 Å². The third-order valence-electron chi connectivity index (χ3n) is 5.43. The summed E-state index contributed by atoms with van der Waals surface area (Å²) in [7, 11) is 1.69. The fraction of sp³-hybridized carbons (Fsp3) is 0.650. The van der Waals surface area contributed by atoms with Crippen LogP contribution in [0.15, 0.2) is 24.3 Å². The van der Waals surface area contributed by atoms with Crippen LogP contribution in [0.1, 0.15) is 26.2 Å². The lowest BCUT2D eigenvalue weighted by Crippen LogP contribution is -2.49. The Labute approximate surface area is 151 Å². The van der Waals surface area contributed by atoms with Gasteiger partial charge < -0.3 is 19.4 Å². The molecule has 0 aromatic heterocycles. The van der Waals surface area contributed by atoms with Crippen LogP contribution in [0.25, 0.3) is 0 Å². The van der Waals surface area contributed by atoms with E-state index in [1.54, 1.807) is 7.11 Å². The van der Waals surface area contributed by atoms with Crippen molar-refractivity contribution in [2.75, 3.05) is 57.8 Å². The Morgan fingerprint density at radius 3 is 2.72 bits per heavy atom. The lowest BCUT2D eigenvalue weighted by atomic mass is 10.0. The van der Waals surface area contributed by atoms with E-state index in [0.29, 0.717) is 12.3 Å². The van der Waals surface area contributed by atoms with Gasteiger partial charge in [0.15, 0.2) is 0 Å². The molecule has 0 spiro atoms. The van der Waals surface area contributed by atoms with Crippen molar-refractivity contribution in [2.45, 2.75) is 26.2 Å². The molecule has 0 saturated carbocycles. The minimum Gasteiger partial charge on any atom is -0.497 e. The molecule has 2 heterocycles. The molecule has 0 aliphatic carbocycles. The summed E-state index contributed by atoms with van der Waals surface area (Å²) in [5.74, 6) is 1.96. The quantitative estimate of drug-likeness (QED) is 0.821. The lowest BCUT2D eigenvalue weighted by Gasteiger charge is -2.37. The predicted octanol–water partition coefficient (Wildman–Crippen LogP) is 2.47. The van der Waals surface area contributed by atoms with Gasteiger partial charge in [-0.1, -0.05) is 13.0 Å². The van der Waals surface area contributed by atoms with Crippen LogP contribution in [0.5, 0.6) is 5.75 Å². The Kier molecular flexibility index (Phi) is 6.19. The Balaban J connectivity index is 1.44. The molecule has 138 valence electrons. The van der Waals surface area contributed by atoms with E-state index >= 15 is 0 Å². The van der Waals surface area contributed by atoms with Crippen molar-refractivity contribution in [3.63, 3.8) is 0 Å². The molecular formula is C20H31N3O2. The van der Waals surface area contributed by atoms with Crippen molar-refractivity contribution in [3.05, 3.63) is 24.3 Å². The largest absolute Gasteiger partial charge is 0.497 e. The molecule has 5 heteroatoms. The molecule has 2 aliphatic heterocycles. The molecule has 3 rings (SSSR count). The topological polar surface area (TPSA) is 36.0 Å². The van der Waals surface area contributed by atoms with Crippen molar-refractivity contribution in [2.24, 2.45) is 5.92 Å². The number of hydrogen-bond donors (Lipinski definition) is 0. The molecule has 0 unspecified atom stereocenters. The van der Waals surface area contributed by atoms with Gasteiger partial charge in [0.1, 0.15) is 5.75 Å². The van der Waals surface area contributed by atoms with Crippen molar-refractivity contribution in [3.8, 4) is 5.75 Å². The van der Waals surface area contributed by atoms with Gasteiger partial charge in [-0.2, -0.15) is 0 Å². The van der Waals surface area contributed by atoms with Crippen LogP contribution in [0.2, 0.25) is 0 Å². The van der Waals surface area contributed by atoms with Crippen molar-refractivity contribution >= 4 is 11.6 Å². The number of rotatable bonds is 5. The highest BCUT2D eigenvalue weighted by atomic mass is 16.5. The van der Waals surface area contributed by atoms with Crippen LogP contribution >= 0.6 is 0 Å². The standard InChI is InChI=1S/C20H31N3O2/c1-17-5-4-9-21(16-17)10-8-20(24)23-13-11-22(12-14-23)18-6-3-7-19(15-18)25-2/h3,6-7,15,17H,4-5,8-14,16H2,1-2H3/t17-/m1/s1. The number of piperidine rings is 1. The Hall–Kier alpha value is -1.75. The average molecular weight is 345 g/mol. The summed E-state index contributed by atoms with van der Waals surface area (Å²) >= 11 is 0. The molecule has 2 aliphatic rings. The van der Waals surface area contributed by atoms with Crippen molar-refractivity contribution < 1.29 is 9.53 Å². The molecule has 2 saturated heterocycles. The molecule has 5 nitrogen and oxygen atoms in total. The third-order valence-corrected chi connectivity index (χ3v) is 5.43. The van der Waals surface area contributed by atoms with Crippen LogP contribution in [0, 0.1) is 5.92 Å². The van der Waals surface area contributed by atoms with E-state index in [1.807, 2.05) is 17.0 Å². The number of carbonyl (C=O) groups excluding carboxylic acids is 1. The van der Waals surface area contributed by atoms with Gasteiger partial charge in [0.25, 0.3) is 0 Å². The number of nitrogens with zero attached hydrogens (tertiary/aromatic N) is 3. The maximum Gasteiger partial charge on any atom is 0.223 e. The molecular weight excluding hydrogens is 314 g/mol. The first-order chi connectivity index (χ1) is 12.2. The van der Waals surface area contributed by atoms with E-state index in [2.05, 4.69) is 28.9 Å². The minimum absolute atomic E-state index is 0.309. The van der Waals surface area contributed by atoms with E-state index in [9.17, 15) is 4.79 Å². The zero-order chi connectivity index (χ0) is 17.6. The van der Waals surface area contributed by atoms with Gasteiger partial charge in [0, 0.05) is 57.4 Å². The Bertz CT molecular complexity index is 570. The van der Waals surface area contributed by atoms with Gasteiger partial charge in [-0.15, -0.1) is 0 Å². The fourth-order valence-electron chi connectivity index (χ4n) is 3.92. The third kappa shape index (κ3) is 4.88. The van der Waals surface area contributed by atoms with Gasteiger partial charge in [-0.25, -0.2) is 0 Å². The first kappa shape index (κ1) is 18.1. The summed E-state index contributed by atoms with van der Waals surface area (Å²) in [6.45, 7) is 8.93. The molecule has 1 aromatic carbocycles. The first-order valence-electron chi connectivity index (χ1n) is 9.55. The highest BCUT2D eigenvalue weighted by Crippen LogP contribution is 2.22. The van der Waals surface area contributed by atoms with E-state index in [1.165, 1.54) is 18.5 Å². The SMILES string of the molecule is COc1cccc(N2CCN(C(=O)CCN3CCC[C@@H](C)C3)CC2)c1. The fourth-order valence-corrected chi connectivity index (χ4v) is 3.92. The van der Waals surface area contributed by atoms with Crippen LogP contribution < -0.4 is 9.64 Å². The van der Waals surface area contributed by atoms with E-state index in [4.69, 9.17) is 4.74 Å². The van der Waals surface area contributed by atoms with Gasteiger partial charge in [-0.05, 0) is 37.4 Å².